The van der Waals surface area contributed by atoms with Gasteiger partial charge in [-0.05, 0) is 37.1 Å². The van der Waals surface area contributed by atoms with Gasteiger partial charge in [0, 0.05) is 16.1 Å². The van der Waals surface area contributed by atoms with E-state index in [1.54, 1.807) is 30.5 Å². The maximum Gasteiger partial charge on any atom is 0.313 e. The number of ether oxygens (including phenoxy) is 2. The van der Waals surface area contributed by atoms with E-state index < -0.39 is 30.2 Å². The topological polar surface area (TPSA) is 89.3 Å². The van der Waals surface area contributed by atoms with Gasteiger partial charge in [-0.2, -0.15) is 5.26 Å². The summed E-state index contributed by atoms with van der Waals surface area (Å²) in [6, 6.07) is 7.15. The number of ketones is 1. The predicted octanol–water partition coefficient (Wildman–Crippen LogP) is 3.08. The van der Waals surface area contributed by atoms with E-state index in [4.69, 9.17) is 21.1 Å². The fourth-order valence-electron chi connectivity index (χ4n) is 2.63. The lowest BCUT2D eigenvalue weighted by Gasteiger charge is -2.24. The van der Waals surface area contributed by atoms with Gasteiger partial charge in [-0.1, -0.05) is 11.6 Å². The molecule has 3 rings (SSSR count). The van der Waals surface area contributed by atoms with Crippen LogP contribution in [0.3, 0.4) is 0 Å². The zero-order valence-corrected chi connectivity index (χ0v) is 15.5. The van der Waals surface area contributed by atoms with Gasteiger partial charge in [-0.3, -0.25) is 9.59 Å². The van der Waals surface area contributed by atoms with Gasteiger partial charge in [0.15, 0.2) is 18.3 Å². The molecule has 1 aliphatic heterocycles. The molecule has 0 amide bonds. The number of rotatable bonds is 5. The van der Waals surface area contributed by atoms with E-state index in [-0.39, 0.29) is 6.61 Å². The predicted molar refractivity (Wildman–Crippen MR) is 95.3 cm³/mol. The van der Waals surface area contributed by atoms with Gasteiger partial charge in [0.05, 0.1) is 12.0 Å². The highest BCUT2D eigenvalue weighted by Crippen LogP contribution is 2.30. The van der Waals surface area contributed by atoms with Crippen LogP contribution in [0, 0.1) is 24.2 Å². The highest BCUT2D eigenvalue weighted by molar-refractivity contribution is 7.09. The quantitative estimate of drug-likeness (QED) is 0.729. The molecule has 0 spiro atoms. The number of Topliss-reactive ketones (excluding diaryl/α,β-unsaturated/α-hetero) is 1. The number of carbonyl (C=O) groups is 2. The molecule has 1 aliphatic rings. The number of thiazole rings is 1. The number of nitrogens with zero attached hydrogens (tertiary/aromatic N) is 2. The van der Waals surface area contributed by atoms with E-state index in [0.29, 0.717) is 22.2 Å². The summed E-state index contributed by atoms with van der Waals surface area (Å²) in [6.45, 7) is 1.50. The number of carbonyl (C=O) groups excluding carboxylic acids is 2. The van der Waals surface area contributed by atoms with Crippen molar-refractivity contribution in [3.8, 4) is 11.8 Å². The molecule has 1 aromatic heterocycles. The van der Waals surface area contributed by atoms with Crippen LogP contribution >= 0.6 is 22.9 Å². The summed E-state index contributed by atoms with van der Waals surface area (Å²) in [5.41, 5.74) is 1.57. The summed E-state index contributed by atoms with van der Waals surface area (Å²) in [4.78, 5) is 28.7. The first-order valence-electron chi connectivity index (χ1n) is 7.90. The third-order valence-corrected chi connectivity index (χ3v) is 5.22. The Morgan fingerprint density at radius 2 is 2.35 bits per heavy atom. The minimum atomic E-state index is -1.02. The van der Waals surface area contributed by atoms with E-state index >= 15 is 0 Å². The summed E-state index contributed by atoms with van der Waals surface area (Å²) in [7, 11) is 0. The minimum Gasteiger partial charge on any atom is -0.492 e. The second-order valence-corrected chi connectivity index (χ2v) is 7.25. The van der Waals surface area contributed by atoms with E-state index in [0.717, 1.165) is 11.3 Å². The smallest absolute Gasteiger partial charge is 0.313 e. The van der Waals surface area contributed by atoms with Crippen LogP contribution < -0.4 is 4.74 Å². The van der Waals surface area contributed by atoms with Crippen molar-refractivity contribution in [3.05, 3.63) is 44.9 Å². The molecule has 0 radical (unpaired) electrons. The minimum absolute atomic E-state index is 0.176. The first-order valence-corrected chi connectivity index (χ1v) is 9.16. The molecular formula is C18H15ClN2O4S. The molecule has 2 aromatic rings. The molecule has 0 bridgehead atoms. The molecular weight excluding hydrogens is 376 g/mol. The normalized spacial score (nSPS) is 16.7. The van der Waals surface area contributed by atoms with Crippen molar-refractivity contribution in [1.82, 2.24) is 4.98 Å². The molecule has 0 N–H and O–H groups in total. The number of nitriles is 1. The number of fused-ring (bicyclic) bond motifs is 1. The van der Waals surface area contributed by atoms with Crippen LogP contribution in [-0.4, -0.2) is 30.0 Å². The maximum absolute atomic E-state index is 12.3. The van der Waals surface area contributed by atoms with Crippen molar-refractivity contribution >= 4 is 34.7 Å². The van der Waals surface area contributed by atoms with E-state index in [2.05, 4.69) is 4.98 Å². The number of aromatic nitrogens is 1. The fraction of sp³-hybridized carbons (Fsp3) is 0.333. The summed E-state index contributed by atoms with van der Waals surface area (Å²) in [5.74, 6) is -1.87. The zero-order valence-electron chi connectivity index (χ0n) is 13.9. The summed E-state index contributed by atoms with van der Waals surface area (Å²) in [5, 5.41) is 12.0. The van der Waals surface area contributed by atoms with Crippen molar-refractivity contribution in [1.29, 1.82) is 5.26 Å². The van der Waals surface area contributed by atoms with Gasteiger partial charge < -0.3 is 9.47 Å². The summed E-state index contributed by atoms with van der Waals surface area (Å²) in [6.07, 6.45) is 0.427. The van der Waals surface area contributed by atoms with Gasteiger partial charge in [-0.15, -0.1) is 11.3 Å². The summed E-state index contributed by atoms with van der Waals surface area (Å²) < 4.78 is 10.7. The molecule has 26 heavy (non-hydrogen) atoms. The zero-order chi connectivity index (χ0) is 18.7. The highest BCUT2D eigenvalue weighted by atomic mass is 35.5. The molecule has 0 unspecified atom stereocenters. The molecule has 0 saturated heterocycles. The van der Waals surface area contributed by atoms with Gasteiger partial charge in [0.2, 0.25) is 0 Å². The Balaban J connectivity index is 1.58. The van der Waals surface area contributed by atoms with Crippen molar-refractivity contribution in [2.24, 2.45) is 5.92 Å². The maximum atomic E-state index is 12.3. The first kappa shape index (κ1) is 18.4. The number of hydrogen-bond donors (Lipinski definition) is 0. The lowest BCUT2D eigenvalue weighted by Crippen LogP contribution is -2.31. The second-order valence-electron chi connectivity index (χ2n) is 5.93. The average molecular weight is 391 g/mol. The standard InChI is InChI=1S/C18H15ClN2O4S/c1-10-9-26-17(21-10)14(6-20)15(22)8-25-18(23)12-4-11-5-13(19)2-3-16(11)24-7-12/h2-3,5,9,12,14H,4,7-8H2,1H3/t12-,14-/m1/s1. The van der Waals surface area contributed by atoms with E-state index in [9.17, 15) is 14.9 Å². The van der Waals surface area contributed by atoms with Crippen molar-refractivity contribution in [2.45, 2.75) is 19.3 Å². The number of benzene rings is 1. The second kappa shape index (κ2) is 7.85. The van der Waals surface area contributed by atoms with Gasteiger partial charge in [0.1, 0.15) is 17.4 Å². The number of aryl methyl sites for hydroxylation is 1. The van der Waals surface area contributed by atoms with Crippen LogP contribution in [0.2, 0.25) is 5.02 Å². The van der Waals surface area contributed by atoms with E-state index in [1.807, 2.05) is 6.07 Å². The third kappa shape index (κ3) is 4.03. The largest absolute Gasteiger partial charge is 0.492 e. The van der Waals surface area contributed by atoms with Crippen LogP contribution in [0.25, 0.3) is 0 Å². The summed E-state index contributed by atoms with van der Waals surface area (Å²) >= 11 is 7.20. The van der Waals surface area contributed by atoms with Crippen molar-refractivity contribution < 1.29 is 19.1 Å². The molecule has 134 valence electrons. The number of hydrogen-bond acceptors (Lipinski definition) is 7. The molecule has 0 fully saturated rings. The van der Waals surface area contributed by atoms with Crippen LogP contribution in [0.1, 0.15) is 22.2 Å². The molecule has 8 heteroatoms. The molecule has 1 aromatic carbocycles. The Morgan fingerprint density at radius 3 is 3.04 bits per heavy atom. The average Bonchev–Trinajstić information content (AvgIpc) is 3.05. The monoisotopic (exact) mass is 390 g/mol. The molecule has 0 aliphatic carbocycles. The van der Waals surface area contributed by atoms with Crippen molar-refractivity contribution in [3.63, 3.8) is 0 Å². The van der Waals surface area contributed by atoms with Crippen LogP contribution in [0.4, 0.5) is 0 Å². The Morgan fingerprint density at radius 1 is 1.54 bits per heavy atom. The van der Waals surface area contributed by atoms with Crippen LogP contribution in [-0.2, 0) is 20.7 Å². The Bertz CT molecular complexity index is 890. The van der Waals surface area contributed by atoms with Gasteiger partial charge in [0.25, 0.3) is 0 Å². The fourth-order valence-corrected chi connectivity index (χ4v) is 3.68. The Hall–Kier alpha value is -2.43. The lowest BCUT2D eigenvalue weighted by atomic mass is 9.97. The third-order valence-electron chi connectivity index (χ3n) is 3.95. The molecule has 2 heterocycles. The van der Waals surface area contributed by atoms with Gasteiger partial charge in [-0.25, -0.2) is 4.98 Å². The lowest BCUT2D eigenvalue weighted by molar-refractivity contribution is -0.153. The van der Waals surface area contributed by atoms with Crippen LogP contribution in [0.15, 0.2) is 23.6 Å². The SMILES string of the molecule is Cc1csc([C@H](C#N)C(=O)COC(=O)[C@H]2COc3ccc(Cl)cc3C2)n1. The van der Waals surface area contributed by atoms with E-state index in [1.165, 1.54) is 11.3 Å². The Labute approximate surface area is 159 Å². The highest BCUT2D eigenvalue weighted by Gasteiger charge is 2.30. The van der Waals surface area contributed by atoms with Gasteiger partial charge >= 0.3 is 5.97 Å². The van der Waals surface area contributed by atoms with Crippen LogP contribution in [0.5, 0.6) is 5.75 Å². The molecule has 6 nitrogen and oxygen atoms in total. The first-order chi connectivity index (χ1) is 12.5. The number of esters is 1. The molecule has 0 saturated carbocycles. The number of halogens is 1. The van der Waals surface area contributed by atoms with Crippen molar-refractivity contribution in [2.75, 3.05) is 13.2 Å². The molecule has 2 atom stereocenters. The Kier molecular flexibility index (Phi) is 5.55.